The monoisotopic (exact) mass is 605 g/mol. The van der Waals surface area contributed by atoms with Crippen LogP contribution < -0.4 is 20.7 Å². The third-order valence-corrected chi connectivity index (χ3v) is 7.36. The van der Waals surface area contributed by atoms with Crippen molar-refractivity contribution in [2.24, 2.45) is 5.92 Å². The zero-order valence-corrected chi connectivity index (χ0v) is 24.6. The molecular weight excluding hydrogens is 573 g/mol. The van der Waals surface area contributed by atoms with E-state index in [2.05, 4.69) is 50.0 Å². The van der Waals surface area contributed by atoms with Gasteiger partial charge in [-0.15, -0.1) is 10.2 Å². The highest BCUT2D eigenvalue weighted by Gasteiger charge is 2.26. The summed E-state index contributed by atoms with van der Waals surface area (Å²) < 4.78 is 20.6. The average Bonchev–Trinajstić information content (AvgIpc) is 3.30. The number of phenols is 1. The fourth-order valence-corrected chi connectivity index (χ4v) is 5.24. The molecule has 4 aromatic rings. The standard InChI is InChI=1S/C31H33ClFN7O3/c1-19-10-23(40(2)17-19)15-34-16-30(42)37-29-13-22(8-9-35-29)36-28-14-27(25-12-21(32)6-7-26(25)33)38-39-31(28)43-18-20-4-3-5-24(41)11-20/h3-9,11-14,19,23,34,41H,10,15-18H2,1-2H3,(H2,35,36,37,38,42). The Hall–Kier alpha value is -4.32. The number of amides is 1. The molecule has 1 amide bonds. The summed E-state index contributed by atoms with van der Waals surface area (Å²) in [7, 11) is 2.11. The number of carbonyl (C=O) groups excluding carboxylic acids is 1. The van der Waals surface area contributed by atoms with E-state index in [1.54, 1.807) is 48.7 Å². The van der Waals surface area contributed by atoms with Gasteiger partial charge in [0.15, 0.2) is 0 Å². The number of aromatic hydroxyl groups is 1. The molecule has 3 heterocycles. The van der Waals surface area contributed by atoms with Crippen molar-refractivity contribution in [1.29, 1.82) is 0 Å². The maximum Gasteiger partial charge on any atom is 0.257 e. The second kappa shape index (κ2) is 13.8. The minimum Gasteiger partial charge on any atom is -0.508 e. The number of pyridine rings is 1. The molecule has 5 rings (SSSR count). The van der Waals surface area contributed by atoms with Crippen molar-refractivity contribution in [3.05, 3.63) is 83.3 Å². The molecule has 2 atom stereocenters. The topological polar surface area (TPSA) is 125 Å². The van der Waals surface area contributed by atoms with E-state index in [0.29, 0.717) is 39.7 Å². The molecule has 2 aromatic carbocycles. The number of anilines is 3. The van der Waals surface area contributed by atoms with Gasteiger partial charge in [0.05, 0.1) is 12.2 Å². The number of ether oxygens (including phenoxy) is 1. The minimum absolute atomic E-state index is 0.100. The molecule has 2 aromatic heterocycles. The Morgan fingerprint density at radius 1 is 1.16 bits per heavy atom. The molecular formula is C31H33ClFN7O3. The van der Waals surface area contributed by atoms with E-state index in [1.807, 2.05) is 0 Å². The summed E-state index contributed by atoms with van der Waals surface area (Å²) in [5.74, 6) is 0.548. The van der Waals surface area contributed by atoms with Crippen LogP contribution in [-0.2, 0) is 11.4 Å². The molecule has 12 heteroatoms. The summed E-state index contributed by atoms with van der Waals surface area (Å²) in [6, 6.07) is 16.2. The molecule has 0 bridgehead atoms. The van der Waals surface area contributed by atoms with Gasteiger partial charge < -0.3 is 30.7 Å². The number of likely N-dealkylation sites (tertiary alicyclic amines) is 1. The van der Waals surface area contributed by atoms with Gasteiger partial charge in [-0.05, 0) is 67.4 Å². The van der Waals surface area contributed by atoms with E-state index in [9.17, 15) is 14.3 Å². The van der Waals surface area contributed by atoms with Gasteiger partial charge in [0.2, 0.25) is 5.91 Å². The Labute approximate surface area is 254 Å². The number of nitrogens with one attached hydrogen (secondary N) is 3. The van der Waals surface area contributed by atoms with Crippen molar-refractivity contribution in [3.8, 4) is 22.9 Å². The van der Waals surface area contributed by atoms with Crippen molar-refractivity contribution in [2.75, 3.05) is 37.3 Å². The number of carbonyl (C=O) groups is 1. The van der Waals surface area contributed by atoms with Crippen LogP contribution in [-0.4, -0.2) is 63.8 Å². The third kappa shape index (κ3) is 8.16. The largest absolute Gasteiger partial charge is 0.508 e. The van der Waals surface area contributed by atoms with E-state index in [4.69, 9.17) is 16.3 Å². The lowest BCUT2D eigenvalue weighted by atomic mass is 10.1. The van der Waals surface area contributed by atoms with Crippen LogP contribution in [0, 0.1) is 11.7 Å². The van der Waals surface area contributed by atoms with Crippen molar-refractivity contribution in [3.63, 3.8) is 0 Å². The van der Waals surface area contributed by atoms with Crippen LogP contribution in [0.5, 0.6) is 11.6 Å². The molecule has 2 unspecified atom stereocenters. The van der Waals surface area contributed by atoms with Crippen LogP contribution >= 0.6 is 11.6 Å². The van der Waals surface area contributed by atoms with Crippen molar-refractivity contribution in [2.45, 2.75) is 26.0 Å². The van der Waals surface area contributed by atoms with Gasteiger partial charge in [-0.3, -0.25) is 4.79 Å². The maximum atomic E-state index is 14.7. The Balaban J connectivity index is 1.30. The van der Waals surface area contributed by atoms with Crippen LogP contribution in [0.2, 0.25) is 5.02 Å². The first-order valence-electron chi connectivity index (χ1n) is 13.9. The summed E-state index contributed by atoms with van der Waals surface area (Å²) in [5.41, 5.74) is 2.10. The predicted octanol–water partition coefficient (Wildman–Crippen LogP) is 5.23. The lowest BCUT2D eigenvalue weighted by Crippen LogP contribution is -2.38. The highest BCUT2D eigenvalue weighted by atomic mass is 35.5. The fourth-order valence-electron chi connectivity index (χ4n) is 5.07. The number of rotatable bonds is 11. The van der Waals surface area contributed by atoms with Crippen molar-refractivity contribution in [1.82, 2.24) is 25.4 Å². The Morgan fingerprint density at radius 3 is 2.81 bits per heavy atom. The van der Waals surface area contributed by atoms with Crippen molar-refractivity contribution < 1.29 is 19.0 Å². The molecule has 1 aliphatic rings. The minimum atomic E-state index is -0.505. The lowest BCUT2D eigenvalue weighted by Gasteiger charge is -2.19. The van der Waals surface area contributed by atoms with Crippen LogP contribution in [0.3, 0.4) is 0 Å². The first kappa shape index (κ1) is 30.1. The van der Waals surface area contributed by atoms with Gasteiger partial charge in [-0.2, -0.15) is 0 Å². The predicted molar refractivity (Wildman–Crippen MR) is 164 cm³/mol. The van der Waals surface area contributed by atoms with Crippen LogP contribution in [0.1, 0.15) is 18.9 Å². The van der Waals surface area contributed by atoms with Gasteiger partial charge >= 0.3 is 0 Å². The quantitative estimate of drug-likeness (QED) is 0.182. The number of hydrogen-bond acceptors (Lipinski definition) is 9. The van der Waals surface area contributed by atoms with Gasteiger partial charge in [0.25, 0.3) is 5.88 Å². The molecule has 0 spiro atoms. The number of benzene rings is 2. The van der Waals surface area contributed by atoms with Gasteiger partial charge in [-0.1, -0.05) is 30.7 Å². The highest BCUT2D eigenvalue weighted by molar-refractivity contribution is 6.30. The second-order valence-corrected chi connectivity index (χ2v) is 11.1. The van der Waals surface area contributed by atoms with Crippen LogP contribution in [0.25, 0.3) is 11.3 Å². The molecule has 4 N–H and O–H groups in total. The van der Waals surface area contributed by atoms with Gasteiger partial charge in [-0.25, -0.2) is 9.37 Å². The Morgan fingerprint density at radius 2 is 2.02 bits per heavy atom. The molecule has 43 heavy (non-hydrogen) atoms. The van der Waals surface area contributed by atoms with Gasteiger partial charge in [0, 0.05) is 47.7 Å². The zero-order chi connectivity index (χ0) is 30.3. The first-order chi connectivity index (χ1) is 20.7. The normalized spacial score (nSPS) is 16.7. The summed E-state index contributed by atoms with van der Waals surface area (Å²) in [6.07, 6.45) is 2.66. The molecule has 10 nitrogen and oxygen atoms in total. The number of aromatic nitrogens is 3. The number of halogens is 2. The number of hydrogen-bond donors (Lipinski definition) is 4. The van der Waals surface area contributed by atoms with E-state index < -0.39 is 5.82 Å². The summed E-state index contributed by atoms with van der Waals surface area (Å²) in [6.45, 7) is 4.29. The molecule has 1 saturated heterocycles. The highest BCUT2D eigenvalue weighted by Crippen LogP contribution is 2.32. The number of nitrogens with zero attached hydrogens (tertiary/aromatic N) is 4. The summed E-state index contributed by atoms with van der Waals surface area (Å²) in [5, 5.41) is 27.8. The molecule has 1 aliphatic heterocycles. The fraction of sp³-hybridized carbons (Fsp3) is 0.290. The average molecular weight is 606 g/mol. The van der Waals surface area contributed by atoms with Crippen LogP contribution in [0.4, 0.5) is 21.6 Å². The first-order valence-corrected chi connectivity index (χ1v) is 14.3. The van der Waals surface area contributed by atoms with E-state index in [1.165, 1.54) is 18.2 Å². The molecule has 0 radical (unpaired) electrons. The van der Waals surface area contributed by atoms with Crippen LogP contribution in [0.15, 0.2) is 66.9 Å². The lowest BCUT2D eigenvalue weighted by molar-refractivity contribution is -0.115. The van der Waals surface area contributed by atoms with E-state index in [-0.39, 0.29) is 41.9 Å². The molecule has 1 fully saturated rings. The third-order valence-electron chi connectivity index (χ3n) is 7.12. The van der Waals surface area contributed by atoms with E-state index in [0.717, 1.165) is 19.5 Å². The second-order valence-electron chi connectivity index (χ2n) is 10.7. The molecule has 0 aliphatic carbocycles. The Kier molecular flexibility index (Phi) is 9.65. The molecule has 0 saturated carbocycles. The number of phenolic OH excluding ortho intramolecular Hbond substituents is 1. The number of likely N-dealkylation sites (N-methyl/N-ethyl adjacent to an activating group) is 1. The van der Waals surface area contributed by atoms with Crippen molar-refractivity contribution >= 4 is 34.7 Å². The zero-order valence-electron chi connectivity index (χ0n) is 23.8. The molecule has 224 valence electrons. The summed E-state index contributed by atoms with van der Waals surface area (Å²) in [4.78, 5) is 19.2. The smallest absolute Gasteiger partial charge is 0.257 e. The summed E-state index contributed by atoms with van der Waals surface area (Å²) >= 11 is 6.11. The van der Waals surface area contributed by atoms with E-state index >= 15 is 0 Å². The Bertz CT molecular complexity index is 1590. The van der Waals surface area contributed by atoms with Gasteiger partial charge in [0.1, 0.15) is 29.7 Å². The maximum absolute atomic E-state index is 14.7. The SMILES string of the molecule is CC1CC(CNCC(=O)Nc2cc(Nc3cc(-c4cc(Cl)ccc4F)nnc3OCc3cccc(O)c3)ccn2)N(C)C1.